The Balaban J connectivity index is 1.56. The average Bonchev–Trinajstić information content (AvgIpc) is 2.91. The summed E-state index contributed by atoms with van der Waals surface area (Å²) in [6.45, 7) is 1.27. The normalized spacial score (nSPS) is 14.1. The van der Waals surface area contributed by atoms with Gasteiger partial charge in [0, 0.05) is 12.1 Å². The fourth-order valence-corrected chi connectivity index (χ4v) is 2.80. The molecule has 138 valence electrons. The topological polar surface area (TPSA) is 80.8 Å². The summed E-state index contributed by atoms with van der Waals surface area (Å²) in [5, 5.41) is 0. The number of ether oxygens (including phenoxy) is 1. The maximum Gasteiger partial charge on any atom is 0.308 e. The van der Waals surface area contributed by atoms with Crippen LogP contribution >= 0.6 is 0 Å². The minimum atomic E-state index is -1.06. The van der Waals surface area contributed by atoms with Crippen LogP contribution in [0, 0.1) is 5.82 Å². The highest BCUT2D eigenvalue weighted by atomic mass is 19.1. The van der Waals surface area contributed by atoms with Gasteiger partial charge in [-0.05, 0) is 43.3 Å². The van der Waals surface area contributed by atoms with Crippen molar-refractivity contribution >= 4 is 23.6 Å². The number of esters is 1. The van der Waals surface area contributed by atoms with Gasteiger partial charge in [0.25, 0.3) is 11.8 Å². The molecule has 0 spiro atoms. The summed E-state index contributed by atoms with van der Waals surface area (Å²) in [5.74, 6) is -2.58. The second kappa shape index (κ2) is 7.49. The number of imide groups is 1. The van der Waals surface area contributed by atoms with E-state index in [-0.39, 0.29) is 18.5 Å². The van der Waals surface area contributed by atoms with Crippen LogP contribution in [-0.4, -0.2) is 41.1 Å². The molecule has 1 aliphatic rings. The zero-order valence-electron chi connectivity index (χ0n) is 14.5. The van der Waals surface area contributed by atoms with Crippen molar-refractivity contribution in [1.82, 2.24) is 4.90 Å². The lowest BCUT2D eigenvalue weighted by atomic mass is 10.1. The molecule has 2 aromatic rings. The van der Waals surface area contributed by atoms with E-state index in [1.165, 1.54) is 19.1 Å². The number of amides is 2. The molecule has 7 heteroatoms. The van der Waals surface area contributed by atoms with E-state index in [9.17, 15) is 23.6 Å². The van der Waals surface area contributed by atoms with Crippen molar-refractivity contribution in [3.63, 3.8) is 0 Å². The minimum absolute atomic E-state index is 0.136. The highest BCUT2D eigenvalue weighted by Gasteiger charge is 2.35. The van der Waals surface area contributed by atoms with Gasteiger partial charge >= 0.3 is 5.97 Å². The zero-order valence-corrected chi connectivity index (χ0v) is 14.5. The smallest absolute Gasteiger partial charge is 0.308 e. The molecular weight excluding hydrogens is 353 g/mol. The van der Waals surface area contributed by atoms with Gasteiger partial charge < -0.3 is 4.74 Å². The van der Waals surface area contributed by atoms with E-state index >= 15 is 0 Å². The molecule has 0 saturated carbocycles. The Hall–Kier alpha value is -3.35. The number of Topliss-reactive ketones (excluding diaryl/α,β-unsaturated/α-hetero) is 1. The number of carbonyl (C=O) groups is 4. The van der Waals surface area contributed by atoms with E-state index in [0.29, 0.717) is 11.1 Å². The van der Waals surface area contributed by atoms with Gasteiger partial charge in [0.1, 0.15) is 5.82 Å². The molecule has 1 heterocycles. The first-order chi connectivity index (χ1) is 12.9. The number of nitrogens with zero attached hydrogens (tertiary/aromatic N) is 1. The van der Waals surface area contributed by atoms with Crippen molar-refractivity contribution in [1.29, 1.82) is 0 Å². The first-order valence-corrected chi connectivity index (χ1v) is 8.33. The van der Waals surface area contributed by atoms with Gasteiger partial charge in [-0.2, -0.15) is 0 Å². The molecule has 1 aliphatic heterocycles. The number of benzene rings is 2. The van der Waals surface area contributed by atoms with E-state index in [1.54, 1.807) is 24.3 Å². The summed E-state index contributed by atoms with van der Waals surface area (Å²) in [4.78, 5) is 49.6. The van der Waals surface area contributed by atoms with Crippen molar-refractivity contribution in [2.45, 2.75) is 19.4 Å². The first kappa shape index (κ1) is 18.4. The third-order valence-electron chi connectivity index (χ3n) is 4.22. The summed E-state index contributed by atoms with van der Waals surface area (Å²) in [6.07, 6.45) is -1.29. The Morgan fingerprint density at radius 3 is 2.11 bits per heavy atom. The van der Waals surface area contributed by atoms with Crippen molar-refractivity contribution in [2.75, 3.05) is 6.54 Å². The van der Waals surface area contributed by atoms with Crippen LogP contribution in [0.1, 0.15) is 44.4 Å². The molecule has 1 atom stereocenters. The Morgan fingerprint density at radius 1 is 1.00 bits per heavy atom. The Bertz CT molecular complexity index is 887. The molecule has 6 nitrogen and oxygen atoms in total. The quantitative estimate of drug-likeness (QED) is 0.444. The van der Waals surface area contributed by atoms with Gasteiger partial charge in [-0.1, -0.05) is 12.1 Å². The summed E-state index contributed by atoms with van der Waals surface area (Å²) >= 11 is 0. The van der Waals surface area contributed by atoms with Gasteiger partial charge in [0.15, 0.2) is 6.10 Å². The highest BCUT2D eigenvalue weighted by Crippen LogP contribution is 2.22. The lowest BCUT2D eigenvalue weighted by Gasteiger charge is -2.15. The van der Waals surface area contributed by atoms with Crippen molar-refractivity contribution in [2.24, 2.45) is 0 Å². The van der Waals surface area contributed by atoms with Crippen molar-refractivity contribution in [3.05, 3.63) is 71.0 Å². The highest BCUT2D eigenvalue weighted by molar-refractivity contribution is 6.21. The van der Waals surface area contributed by atoms with Gasteiger partial charge in [0.05, 0.1) is 17.5 Å². The molecule has 3 rings (SSSR count). The lowest BCUT2D eigenvalue weighted by molar-refractivity contribution is -0.146. The van der Waals surface area contributed by atoms with Gasteiger partial charge in [-0.15, -0.1) is 0 Å². The summed E-state index contributed by atoms with van der Waals surface area (Å²) in [6, 6.07) is 11.3. The van der Waals surface area contributed by atoms with Crippen LogP contribution in [0.2, 0.25) is 0 Å². The number of hydrogen-bond acceptors (Lipinski definition) is 5. The van der Waals surface area contributed by atoms with Crippen LogP contribution in [0.15, 0.2) is 48.5 Å². The number of rotatable bonds is 6. The molecule has 0 bridgehead atoms. The molecule has 0 radical (unpaired) electrons. The number of fused-ring (bicyclic) bond motifs is 1. The SMILES string of the molecule is CC(OC(=O)CCN1C(=O)c2ccccc2C1=O)C(=O)c1ccc(F)cc1. The number of ketones is 1. The molecular formula is C20H16FNO5. The second-order valence-corrected chi connectivity index (χ2v) is 6.06. The molecule has 0 N–H and O–H groups in total. The van der Waals surface area contributed by atoms with Crippen LogP contribution in [0.4, 0.5) is 4.39 Å². The second-order valence-electron chi connectivity index (χ2n) is 6.06. The fraction of sp³-hybridized carbons (Fsp3) is 0.200. The largest absolute Gasteiger partial charge is 0.454 e. The minimum Gasteiger partial charge on any atom is -0.454 e. The molecule has 0 aromatic heterocycles. The molecule has 2 aromatic carbocycles. The Labute approximate surface area is 154 Å². The Morgan fingerprint density at radius 2 is 1.56 bits per heavy atom. The lowest BCUT2D eigenvalue weighted by Crippen LogP contribution is -2.33. The predicted octanol–water partition coefficient (Wildman–Crippen LogP) is 2.63. The number of halogens is 1. The Kier molecular flexibility index (Phi) is 5.12. The maximum absolute atomic E-state index is 12.9. The summed E-state index contributed by atoms with van der Waals surface area (Å²) < 4.78 is 18.0. The molecule has 0 fully saturated rings. The van der Waals surface area contributed by atoms with Crippen molar-refractivity contribution in [3.8, 4) is 0 Å². The van der Waals surface area contributed by atoms with Crippen LogP contribution in [0.5, 0.6) is 0 Å². The van der Waals surface area contributed by atoms with E-state index in [1.807, 2.05) is 0 Å². The standard InChI is InChI=1S/C20H16FNO5/c1-12(18(24)13-6-8-14(21)9-7-13)27-17(23)10-11-22-19(25)15-4-2-3-5-16(15)20(22)26/h2-9,12H,10-11H2,1H3. The molecule has 27 heavy (non-hydrogen) atoms. The maximum atomic E-state index is 12.9. The summed E-state index contributed by atoms with van der Waals surface area (Å²) in [5.41, 5.74) is 0.823. The van der Waals surface area contributed by atoms with Crippen LogP contribution in [0.3, 0.4) is 0 Å². The zero-order chi connectivity index (χ0) is 19.6. The van der Waals surface area contributed by atoms with Gasteiger partial charge in [0.2, 0.25) is 5.78 Å². The summed E-state index contributed by atoms with van der Waals surface area (Å²) in [7, 11) is 0. The van der Waals surface area contributed by atoms with Gasteiger partial charge in [-0.3, -0.25) is 24.1 Å². The third kappa shape index (κ3) is 3.76. The average molecular weight is 369 g/mol. The number of hydrogen-bond donors (Lipinski definition) is 0. The number of carbonyl (C=O) groups excluding carboxylic acids is 4. The molecule has 0 saturated heterocycles. The van der Waals surface area contributed by atoms with Crippen LogP contribution in [0.25, 0.3) is 0 Å². The van der Waals surface area contributed by atoms with E-state index in [0.717, 1.165) is 17.0 Å². The van der Waals surface area contributed by atoms with Crippen LogP contribution in [-0.2, 0) is 9.53 Å². The van der Waals surface area contributed by atoms with Gasteiger partial charge in [-0.25, -0.2) is 4.39 Å². The van der Waals surface area contributed by atoms with E-state index in [4.69, 9.17) is 4.74 Å². The van der Waals surface area contributed by atoms with Crippen molar-refractivity contribution < 1.29 is 28.3 Å². The van der Waals surface area contributed by atoms with E-state index < -0.39 is 35.5 Å². The van der Waals surface area contributed by atoms with E-state index in [2.05, 4.69) is 0 Å². The van der Waals surface area contributed by atoms with Crippen LogP contribution < -0.4 is 0 Å². The molecule has 2 amide bonds. The molecule has 1 unspecified atom stereocenters. The predicted molar refractivity (Wildman–Crippen MR) is 92.7 cm³/mol. The molecule has 0 aliphatic carbocycles. The first-order valence-electron chi connectivity index (χ1n) is 8.33. The monoisotopic (exact) mass is 369 g/mol. The third-order valence-corrected chi connectivity index (χ3v) is 4.22. The fourth-order valence-electron chi connectivity index (χ4n) is 2.80.